The number of benzene rings is 1. The number of ether oxygens (including phenoxy) is 1. The molecule has 1 aliphatic rings. The number of anilines is 2. The van der Waals surface area contributed by atoms with Crippen LogP contribution in [-0.2, 0) is 9.53 Å². The smallest absolute Gasteiger partial charge is 0.375 e. The van der Waals surface area contributed by atoms with Crippen LogP contribution < -0.4 is 5.32 Å². The fourth-order valence-corrected chi connectivity index (χ4v) is 4.82. The Hall–Kier alpha value is -3.06. The highest BCUT2D eigenvalue weighted by molar-refractivity contribution is 6.28. The van der Waals surface area contributed by atoms with Gasteiger partial charge in [-0.25, -0.2) is 13.8 Å². The molecule has 3 aromatic rings. The van der Waals surface area contributed by atoms with Gasteiger partial charge in [-0.05, 0) is 49.1 Å². The van der Waals surface area contributed by atoms with Gasteiger partial charge in [-0.1, -0.05) is 12.1 Å². The molecule has 206 valence electrons. The molecule has 0 radical (unpaired) electrons. The van der Waals surface area contributed by atoms with Crippen molar-refractivity contribution in [1.82, 2.24) is 24.5 Å². The summed E-state index contributed by atoms with van der Waals surface area (Å²) < 4.78 is 76.1. The van der Waals surface area contributed by atoms with E-state index in [0.29, 0.717) is 22.0 Å². The molecule has 14 heteroatoms. The van der Waals surface area contributed by atoms with Gasteiger partial charge in [0.05, 0.1) is 23.7 Å². The summed E-state index contributed by atoms with van der Waals surface area (Å²) in [5.74, 6) is -4.31. The minimum Gasteiger partial charge on any atom is -0.375 e. The maximum absolute atomic E-state index is 14.1. The van der Waals surface area contributed by atoms with Gasteiger partial charge in [-0.15, -0.1) is 5.10 Å². The quantitative estimate of drug-likeness (QED) is 0.351. The number of methoxy groups -OCH3 is 1. The summed E-state index contributed by atoms with van der Waals surface area (Å²) in [4.78, 5) is 21.7. The van der Waals surface area contributed by atoms with Gasteiger partial charge in [0.15, 0.2) is 6.04 Å². The van der Waals surface area contributed by atoms with Gasteiger partial charge in [-0.2, -0.15) is 22.7 Å². The summed E-state index contributed by atoms with van der Waals surface area (Å²) in [5.41, 5.74) is 1.28. The van der Waals surface area contributed by atoms with Crippen molar-refractivity contribution >= 4 is 34.7 Å². The molecule has 2 atom stereocenters. The van der Waals surface area contributed by atoms with Crippen molar-refractivity contribution in [1.29, 1.82) is 0 Å². The monoisotopic (exact) mass is 560 g/mol. The highest BCUT2D eigenvalue weighted by Crippen LogP contribution is 2.41. The zero-order valence-corrected chi connectivity index (χ0v) is 21.5. The normalized spacial score (nSPS) is 17.8. The maximum Gasteiger partial charge on any atom is 0.413 e. The lowest BCUT2D eigenvalue weighted by molar-refractivity contribution is -0.191. The summed E-state index contributed by atoms with van der Waals surface area (Å²) in [7, 11) is 2.56. The number of carbonyl (C=O) groups is 1. The number of halogens is 6. The number of alkyl halides is 5. The Kier molecular flexibility index (Phi) is 7.80. The summed E-state index contributed by atoms with van der Waals surface area (Å²) in [5, 5.41) is 7.20. The van der Waals surface area contributed by atoms with Gasteiger partial charge in [-0.3, -0.25) is 4.79 Å². The van der Waals surface area contributed by atoms with E-state index < -0.39 is 48.9 Å². The summed E-state index contributed by atoms with van der Waals surface area (Å²) in [6.07, 6.45) is -5.09. The first-order valence-corrected chi connectivity index (χ1v) is 12.2. The van der Waals surface area contributed by atoms with E-state index in [9.17, 15) is 26.7 Å². The molecule has 1 saturated carbocycles. The molecular weight excluding hydrogens is 535 g/mol. The van der Waals surface area contributed by atoms with E-state index in [-0.39, 0.29) is 29.5 Å². The summed E-state index contributed by atoms with van der Waals surface area (Å²) in [6.45, 7) is 1.77. The highest BCUT2D eigenvalue weighted by atomic mass is 35.5. The van der Waals surface area contributed by atoms with Crippen LogP contribution in [0.1, 0.15) is 56.0 Å². The van der Waals surface area contributed by atoms with Crippen LogP contribution in [0.5, 0.6) is 0 Å². The van der Waals surface area contributed by atoms with Gasteiger partial charge in [0.2, 0.25) is 17.1 Å². The van der Waals surface area contributed by atoms with E-state index in [0.717, 1.165) is 7.05 Å². The van der Waals surface area contributed by atoms with E-state index in [4.69, 9.17) is 16.3 Å². The maximum atomic E-state index is 14.1. The largest absolute Gasteiger partial charge is 0.413 e. The lowest BCUT2D eigenvalue weighted by Gasteiger charge is -2.35. The average Bonchev–Trinajstić information content (AvgIpc) is 3.23. The van der Waals surface area contributed by atoms with E-state index >= 15 is 0 Å². The third kappa shape index (κ3) is 5.83. The van der Waals surface area contributed by atoms with Crippen LogP contribution >= 0.6 is 11.6 Å². The molecule has 0 spiro atoms. The fraction of sp³-hybridized carbons (Fsp3) is 0.500. The molecule has 2 aromatic heterocycles. The topological polar surface area (TPSA) is 84.6 Å². The van der Waals surface area contributed by atoms with E-state index in [1.165, 1.54) is 42.1 Å². The number of aromatic nitrogens is 4. The van der Waals surface area contributed by atoms with Crippen LogP contribution in [0.2, 0.25) is 5.28 Å². The molecule has 0 saturated heterocycles. The minimum atomic E-state index is -4.78. The first-order chi connectivity index (χ1) is 17.8. The number of carbonyl (C=O) groups excluding carboxylic acids is 1. The fourth-order valence-electron chi connectivity index (χ4n) is 4.67. The third-order valence-electron chi connectivity index (χ3n) is 6.73. The Balaban J connectivity index is 1.58. The van der Waals surface area contributed by atoms with Gasteiger partial charge in [0.1, 0.15) is 0 Å². The van der Waals surface area contributed by atoms with Crippen molar-refractivity contribution in [2.45, 2.75) is 56.9 Å². The molecule has 1 fully saturated rings. The van der Waals surface area contributed by atoms with Gasteiger partial charge < -0.3 is 15.0 Å². The third-order valence-corrected chi connectivity index (χ3v) is 6.89. The number of hydrogen-bond donors (Lipinski definition) is 1. The molecule has 0 aliphatic heterocycles. The highest BCUT2D eigenvalue weighted by Gasteiger charge is 2.47. The predicted octanol–water partition coefficient (Wildman–Crippen LogP) is 6.12. The zero-order chi connectivity index (χ0) is 27.8. The molecular formula is C24H26ClF5N6O2. The van der Waals surface area contributed by atoms with Crippen molar-refractivity contribution in [3.63, 3.8) is 0 Å². The number of rotatable bonds is 7. The van der Waals surface area contributed by atoms with Crippen LogP contribution in [0.15, 0.2) is 30.5 Å². The SMILES string of the molecule is CO[C@@H](C)c1c(Nc2ccc([C@H](N(C)C(=O)C3CCC(F)(F)CC3)C(F)(F)F)cc2)cnc2nc(Cl)nn12. The number of fused-ring (bicyclic) bond motifs is 1. The number of amides is 1. The number of hydrogen-bond acceptors (Lipinski definition) is 6. The van der Waals surface area contributed by atoms with Crippen molar-refractivity contribution in [2.75, 3.05) is 19.5 Å². The molecule has 1 aromatic carbocycles. The van der Waals surface area contributed by atoms with Crippen molar-refractivity contribution in [2.24, 2.45) is 5.92 Å². The molecule has 0 unspecified atom stereocenters. The average molecular weight is 561 g/mol. The van der Waals surface area contributed by atoms with Crippen molar-refractivity contribution < 1.29 is 31.5 Å². The van der Waals surface area contributed by atoms with Crippen LogP contribution in [0.3, 0.4) is 0 Å². The molecule has 38 heavy (non-hydrogen) atoms. The second kappa shape index (κ2) is 10.6. The van der Waals surface area contributed by atoms with Crippen LogP contribution in [0.25, 0.3) is 5.78 Å². The zero-order valence-electron chi connectivity index (χ0n) is 20.8. The van der Waals surface area contributed by atoms with E-state index in [1.807, 2.05) is 0 Å². The first-order valence-electron chi connectivity index (χ1n) is 11.8. The Morgan fingerprint density at radius 3 is 2.45 bits per heavy atom. The van der Waals surface area contributed by atoms with Gasteiger partial charge >= 0.3 is 6.18 Å². The van der Waals surface area contributed by atoms with Crippen molar-refractivity contribution in [3.05, 3.63) is 47.0 Å². The second-order valence-electron chi connectivity index (χ2n) is 9.30. The Labute approximate surface area is 220 Å². The molecule has 0 bridgehead atoms. The first kappa shape index (κ1) is 28.0. The Morgan fingerprint density at radius 1 is 1.24 bits per heavy atom. The molecule has 1 aliphatic carbocycles. The van der Waals surface area contributed by atoms with Gasteiger partial charge in [0, 0.05) is 38.6 Å². The summed E-state index contributed by atoms with van der Waals surface area (Å²) in [6, 6.07) is 3.17. The molecule has 1 amide bonds. The minimum absolute atomic E-state index is 0.0117. The number of nitrogens with one attached hydrogen (secondary N) is 1. The van der Waals surface area contributed by atoms with Crippen LogP contribution in [0.4, 0.5) is 33.3 Å². The Bertz CT molecular complexity index is 1290. The van der Waals surface area contributed by atoms with E-state index in [2.05, 4.69) is 20.4 Å². The molecule has 8 nitrogen and oxygen atoms in total. The van der Waals surface area contributed by atoms with Crippen molar-refractivity contribution in [3.8, 4) is 0 Å². The van der Waals surface area contributed by atoms with Gasteiger partial charge in [0.25, 0.3) is 5.78 Å². The standard InChI is InChI=1S/C24H26ClF5N6O2/c1-13(38-3)18-17(12-31-22-33-21(25)34-36(18)22)32-16-6-4-14(5-7-16)19(24(28,29)30)35(2)20(37)15-8-10-23(26,27)11-9-15/h4-7,12-13,15,19,32H,8-11H2,1-3H3/t13-,19-/m0/s1. The van der Waals surface area contributed by atoms with Crippen LogP contribution in [-0.4, -0.2) is 56.6 Å². The summed E-state index contributed by atoms with van der Waals surface area (Å²) >= 11 is 5.91. The predicted molar refractivity (Wildman–Crippen MR) is 129 cm³/mol. The molecule has 4 rings (SSSR count). The lowest BCUT2D eigenvalue weighted by atomic mass is 9.85. The molecule has 2 heterocycles. The van der Waals surface area contributed by atoms with E-state index in [1.54, 1.807) is 6.92 Å². The number of nitrogens with zero attached hydrogens (tertiary/aromatic N) is 5. The lowest BCUT2D eigenvalue weighted by Crippen LogP contribution is -2.44. The molecule has 1 N–H and O–H groups in total. The van der Waals surface area contributed by atoms with Crippen LogP contribution in [0, 0.1) is 5.92 Å². The Morgan fingerprint density at radius 2 is 1.87 bits per heavy atom. The second-order valence-corrected chi connectivity index (χ2v) is 9.64.